The standard InChI is InChI=1S/C14H12Cl2N2O3S/c1-2-11(13(20)21)18-5-6-22-14(18)17-12(19)8-3-4-9(15)10(16)7-8/h3-7,11H,2H2,1H3,(H,20,21). The summed E-state index contributed by atoms with van der Waals surface area (Å²) < 4.78 is 1.47. The highest BCUT2D eigenvalue weighted by atomic mass is 35.5. The lowest BCUT2D eigenvalue weighted by molar-refractivity contribution is -0.141. The van der Waals surface area contributed by atoms with E-state index in [2.05, 4.69) is 4.99 Å². The molecule has 1 N–H and O–H groups in total. The van der Waals surface area contributed by atoms with E-state index in [0.29, 0.717) is 16.2 Å². The molecule has 0 saturated heterocycles. The highest BCUT2D eigenvalue weighted by Gasteiger charge is 2.18. The van der Waals surface area contributed by atoms with Crippen molar-refractivity contribution in [2.75, 3.05) is 0 Å². The third-order valence-electron chi connectivity index (χ3n) is 2.99. The minimum absolute atomic E-state index is 0.263. The molecule has 1 aromatic carbocycles. The summed E-state index contributed by atoms with van der Waals surface area (Å²) in [6.07, 6.45) is 1.99. The van der Waals surface area contributed by atoms with Gasteiger partial charge in [0.1, 0.15) is 6.04 Å². The normalized spacial score (nSPS) is 13.1. The van der Waals surface area contributed by atoms with Crippen LogP contribution >= 0.6 is 34.5 Å². The second-order valence-electron chi connectivity index (χ2n) is 4.40. The molecule has 0 spiro atoms. The van der Waals surface area contributed by atoms with E-state index in [4.69, 9.17) is 23.2 Å². The van der Waals surface area contributed by atoms with Crippen LogP contribution in [0.15, 0.2) is 34.8 Å². The zero-order chi connectivity index (χ0) is 16.3. The molecular formula is C14H12Cl2N2O3S. The number of rotatable bonds is 4. The molecule has 1 amide bonds. The Hall–Kier alpha value is -1.63. The molecule has 22 heavy (non-hydrogen) atoms. The van der Waals surface area contributed by atoms with Gasteiger partial charge in [-0.25, -0.2) is 4.79 Å². The summed E-state index contributed by atoms with van der Waals surface area (Å²) >= 11 is 12.9. The fraction of sp³-hybridized carbons (Fsp3) is 0.214. The molecule has 1 heterocycles. The molecule has 0 aliphatic rings. The van der Waals surface area contributed by atoms with Gasteiger partial charge in [-0.15, -0.1) is 11.3 Å². The molecule has 0 aliphatic carbocycles. The number of nitrogens with zero attached hydrogens (tertiary/aromatic N) is 2. The first-order chi connectivity index (χ1) is 10.4. The largest absolute Gasteiger partial charge is 0.480 e. The van der Waals surface area contributed by atoms with Crippen LogP contribution in [0.25, 0.3) is 0 Å². The number of carboxylic acid groups (broad SMARTS) is 1. The maximum atomic E-state index is 12.2. The number of thiazole rings is 1. The number of hydrogen-bond acceptors (Lipinski definition) is 3. The summed E-state index contributed by atoms with van der Waals surface area (Å²) in [7, 11) is 0. The molecule has 1 atom stereocenters. The van der Waals surface area contributed by atoms with Gasteiger partial charge in [0.2, 0.25) is 0 Å². The number of aromatic nitrogens is 1. The van der Waals surface area contributed by atoms with Crippen molar-refractivity contribution in [2.45, 2.75) is 19.4 Å². The van der Waals surface area contributed by atoms with Gasteiger partial charge in [-0.2, -0.15) is 4.99 Å². The van der Waals surface area contributed by atoms with Crippen LogP contribution in [0.3, 0.4) is 0 Å². The van der Waals surface area contributed by atoms with Gasteiger partial charge in [0.25, 0.3) is 5.91 Å². The van der Waals surface area contributed by atoms with Crippen molar-refractivity contribution in [1.82, 2.24) is 4.57 Å². The molecule has 8 heteroatoms. The van der Waals surface area contributed by atoms with Crippen molar-refractivity contribution in [2.24, 2.45) is 4.99 Å². The molecule has 116 valence electrons. The van der Waals surface area contributed by atoms with E-state index in [1.54, 1.807) is 18.5 Å². The lowest BCUT2D eigenvalue weighted by Crippen LogP contribution is -2.26. The Labute approximate surface area is 140 Å². The van der Waals surface area contributed by atoms with Crippen molar-refractivity contribution in [1.29, 1.82) is 0 Å². The van der Waals surface area contributed by atoms with Crippen molar-refractivity contribution >= 4 is 46.4 Å². The Balaban J connectivity index is 2.41. The molecule has 0 saturated carbocycles. The van der Waals surface area contributed by atoms with Gasteiger partial charge in [0.15, 0.2) is 4.80 Å². The van der Waals surface area contributed by atoms with Gasteiger partial charge in [-0.05, 0) is 24.6 Å². The van der Waals surface area contributed by atoms with Gasteiger partial charge in [0, 0.05) is 17.1 Å². The van der Waals surface area contributed by atoms with E-state index in [9.17, 15) is 14.7 Å². The number of carboxylic acids is 1. The first-order valence-corrected chi connectivity index (χ1v) is 8.00. The predicted molar refractivity (Wildman–Crippen MR) is 85.6 cm³/mol. The first kappa shape index (κ1) is 16.7. The Kier molecular flexibility index (Phi) is 5.39. The van der Waals surface area contributed by atoms with Gasteiger partial charge >= 0.3 is 5.97 Å². The van der Waals surface area contributed by atoms with E-state index in [1.165, 1.54) is 34.1 Å². The quantitative estimate of drug-likeness (QED) is 0.906. The molecule has 0 bridgehead atoms. The molecule has 2 rings (SSSR count). The fourth-order valence-electron chi connectivity index (χ4n) is 1.87. The highest BCUT2D eigenvalue weighted by Crippen LogP contribution is 2.22. The van der Waals surface area contributed by atoms with Crippen molar-refractivity contribution < 1.29 is 14.7 Å². The van der Waals surface area contributed by atoms with Gasteiger partial charge < -0.3 is 9.67 Å². The van der Waals surface area contributed by atoms with E-state index in [1.807, 2.05) is 0 Å². The topological polar surface area (TPSA) is 71.7 Å². The van der Waals surface area contributed by atoms with Crippen LogP contribution in [0.4, 0.5) is 0 Å². The summed E-state index contributed by atoms with van der Waals surface area (Å²) in [5, 5.41) is 11.5. The average molecular weight is 359 g/mol. The van der Waals surface area contributed by atoms with Gasteiger partial charge in [-0.1, -0.05) is 30.1 Å². The maximum absolute atomic E-state index is 12.2. The molecule has 0 fully saturated rings. The molecule has 5 nitrogen and oxygen atoms in total. The predicted octanol–water partition coefficient (Wildman–Crippen LogP) is 3.63. The SMILES string of the molecule is CCC(C(=O)O)n1ccsc1=NC(=O)c1ccc(Cl)c(Cl)c1. The van der Waals surface area contributed by atoms with Crippen LogP contribution in [0.1, 0.15) is 29.7 Å². The number of carbonyl (C=O) groups excluding carboxylic acids is 1. The van der Waals surface area contributed by atoms with Gasteiger partial charge in [-0.3, -0.25) is 4.79 Å². The van der Waals surface area contributed by atoms with Crippen LogP contribution in [0.5, 0.6) is 0 Å². The molecule has 0 aliphatic heterocycles. The lowest BCUT2D eigenvalue weighted by Gasteiger charge is -2.11. The summed E-state index contributed by atoms with van der Waals surface area (Å²) in [6.45, 7) is 1.76. The molecular weight excluding hydrogens is 347 g/mol. The average Bonchev–Trinajstić information content (AvgIpc) is 2.90. The van der Waals surface area contributed by atoms with Crippen molar-refractivity contribution in [3.63, 3.8) is 0 Å². The molecule has 2 aromatic rings. The Morgan fingerprint density at radius 2 is 2.09 bits per heavy atom. The van der Waals surface area contributed by atoms with Crippen molar-refractivity contribution in [3.05, 3.63) is 50.2 Å². The van der Waals surface area contributed by atoms with Gasteiger partial charge in [0.05, 0.1) is 10.0 Å². The van der Waals surface area contributed by atoms with Crippen molar-refractivity contribution in [3.8, 4) is 0 Å². The van der Waals surface area contributed by atoms with E-state index < -0.39 is 17.9 Å². The number of amides is 1. The molecule has 1 aromatic heterocycles. The van der Waals surface area contributed by atoms with Crippen LogP contribution in [0, 0.1) is 0 Å². The minimum Gasteiger partial charge on any atom is -0.480 e. The first-order valence-electron chi connectivity index (χ1n) is 6.36. The minimum atomic E-state index is -0.968. The molecule has 0 radical (unpaired) electrons. The third-order valence-corrected chi connectivity index (χ3v) is 4.50. The zero-order valence-electron chi connectivity index (χ0n) is 11.5. The number of aliphatic carboxylic acids is 1. The monoisotopic (exact) mass is 358 g/mol. The van der Waals surface area contributed by atoms with Crippen LogP contribution < -0.4 is 4.80 Å². The smallest absolute Gasteiger partial charge is 0.326 e. The number of carbonyl (C=O) groups is 2. The second kappa shape index (κ2) is 7.09. The van der Waals surface area contributed by atoms with Crippen LogP contribution in [-0.4, -0.2) is 21.6 Å². The van der Waals surface area contributed by atoms with Crippen LogP contribution in [0.2, 0.25) is 10.0 Å². The fourth-order valence-corrected chi connectivity index (χ4v) is 2.93. The third kappa shape index (κ3) is 3.58. The summed E-state index contributed by atoms with van der Waals surface area (Å²) in [6, 6.07) is 3.71. The Morgan fingerprint density at radius 1 is 1.36 bits per heavy atom. The summed E-state index contributed by atoms with van der Waals surface area (Å²) in [4.78, 5) is 27.7. The summed E-state index contributed by atoms with van der Waals surface area (Å²) in [5.74, 6) is -1.47. The maximum Gasteiger partial charge on any atom is 0.326 e. The lowest BCUT2D eigenvalue weighted by atomic mass is 10.2. The van der Waals surface area contributed by atoms with E-state index >= 15 is 0 Å². The summed E-state index contributed by atoms with van der Waals surface area (Å²) in [5.41, 5.74) is 0.290. The Bertz CT molecular complexity index is 782. The zero-order valence-corrected chi connectivity index (χ0v) is 13.8. The van der Waals surface area contributed by atoms with E-state index in [0.717, 1.165) is 0 Å². The Morgan fingerprint density at radius 3 is 2.68 bits per heavy atom. The molecule has 1 unspecified atom stereocenters. The second-order valence-corrected chi connectivity index (χ2v) is 6.09. The van der Waals surface area contributed by atoms with E-state index in [-0.39, 0.29) is 10.6 Å². The number of halogens is 2. The number of hydrogen-bond donors (Lipinski definition) is 1. The van der Waals surface area contributed by atoms with Crippen LogP contribution in [-0.2, 0) is 4.79 Å². The number of benzene rings is 1. The highest BCUT2D eigenvalue weighted by molar-refractivity contribution is 7.07.